The van der Waals surface area contributed by atoms with Crippen molar-refractivity contribution in [3.8, 4) is 0 Å². The molecule has 0 saturated heterocycles. The fourth-order valence-electron chi connectivity index (χ4n) is 2.58. The summed E-state index contributed by atoms with van der Waals surface area (Å²) in [4.78, 5) is 13.0. The summed E-state index contributed by atoms with van der Waals surface area (Å²) in [5.41, 5.74) is 5.09. The van der Waals surface area contributed by atoms with E-state index in [0.717, 1.165) is 30.7 Å². The first-order chi connectivity index (χ1) is 12.4. The quantitative estimate of drug-likeness (QED) is 0.452. The van der Waals surface area contributed by atoms with Crippen LogP contribution in [0, 0.1) is 5.82 Å². The minimum Gasteiger partial charge on any atom is -0.348 e. The Balaban J connectivity index is 1.55. The summed E-state index contributed by atoms with van der Waals surface area (Å²) in [7, 11) is 0. The second-order valence-corrected chi connectivity index (χ2v) is 7.52. The number of halogens is 2. The van der Waals surface area contributed by atoms with Gasteiger partial charge in [0.2, 0.25) is 5.91 Å². The minimum atomic E-state index is -0.921. The van der Waals surface area contributed by atoms with Crippen molar-refractivity contribution in [2.24, 2.45) is 5.73 Å². The van der Waals surface area contributed by atoms with Gasteiger partial charge in [0, 0.05) is 17.9 Å². The highest BCUT2D eigenvalue weighted by Crippen LogP contribution is 2.20. The lowest BCUT2D eigenvalue weighted by Gasteiger charge is -2.32. The first-order valence-corrected chi connectivity index (χ1v) is 9.48. The number of rotatable bonds is 9. The topological polar surface area (TPSA) is 67.1 Å². The number of hydrogen-bond donors (Lipinski definition) is 3. The van der Waals surface area contributed by atoms with Crippen LogP contribution in [0.4, 0.5) is 8.78 Å². The summed E-state index contributed by atoms with van der Waals surface area (Å²) in [6.45, 7) is 2.49. The Labute approximate surface area is 157 Å². The van der Waals surface area contributed by atoms with Gasteiger partial charge in [-0.2, -0.15) is 0 Å². The zero-order valence-corrected chi connectivity index (χ0v) is 15.6. The van der Waals surface area contributed by atoms with Gasteiger partial charge in [0.15, 0.2) is 0 Å². The molecule has 142 valence electrons. The predicted octanol–water partition coefficient (Wildman–Crippen LogP) is 3.61. The molecule has 0 bridgehead atoms. The van der Waals surface area contributed by atoms with Crippen LogP contribution in [-0.4, -0.2) is 24.0 Å². The monoisotopic (exact) mass is 381 g/mol. The maximum Gasteiger partial charge on any atom is 0.220 e. The lowest BCUT2D eigenvalue weighted by atomic mass is 9.89. The molecule has 1 aliphatic rings. The third-order valence-corrected chi connectivity index (χ3v) is 4.93. The highest BCUT2D eigenvalue weighted by atomic mass is 32.2. The highest BCUT2D eigenvalue weighted by molar-refractivity contribution is 7.97. The van der Waals surface area contributed by atoms with Crippen LogP contribution in [0.15, 0.2) is 53.2 Å². The van der Waals surface area contributed by atoms with Crippen molar-refractivity contribution in [1.82, 2.24) is 10.0 Å². The summed E-state index contributed by atoms with van der Waals surface area (Å²) >= 11 is 1.46. The molecule has 2 atom stereocenters. The predicted molar refractivity (Wildman–Crippen MR) is 102 cm³/mol. The maximum atomic E-state index is 13.2. The van der Waals surface area contributed by atoms with Crippen LogP contribution in [0.3, 0.4) is 0 Å². The fourth-order valence-corrected chi connectivity index (χ4v) is 3.26. The van der Waals surface area contributed by atoms with Crippen LogP contribution < -0.4 is 15.8 Å². The number of amides is 1. The molecule has 0 spiro atoms. The maximum absolute atomic E-state index is 13.2. The van der Waals surface area contributed by atoms with Crippen molar-refractivity contribution < 1.29 is 13.6 Å². The van der Waals surface area contributed by atoms with Gasteiger partial charge in [-0.3, -0.25) is 9.52 Å². The Hall–Kier alpha value is -1.70. The van der Waals surface area contributed by atoms with E-state index in [-0.39, 0.29) is 17.6 Å². The molecule has 26 heavy (non-hydrogen) atoms. The standard InChI is InChI=1S/C19H25F2N3OS/c1-19(22)13-15(21)8-11-17(19)24-18(25)5-3-2-4-12-23-26-16-9-6-14(20)7-10-16/h6-11,13,17,23H,2-5,12,22H2,1H3,(H,24,25). The van der Waals surface area contributed by atoms with Crippen LogP contribution in [0.25, 0.3) is 0 Å². The lowest BCUT2D eigenvalue weighted by molar-refractivity contribution is -0.121. The fraction of sp³-hybridized carbons (Fsp3) is 0.421. The van der Waals surface area contributed by atoms with Gasteiger partial charge in [-0.1, -0.05) is 12.5 Å². The number of nitrogens with one attached hydrogen (secondary N) is 2. The SMILES string of the molecule is CC1(N)C=C(F)C=CC1NC(=O)CCCCCNSc1ccc(F)cc1. The number of nitrogens with two attached hydrogens (primary N) is 1. The molecule has 1 aromatic rings. The smallest absolute Gasteiger partial charge is 0.220 e. The Kier molecular flexibility index (Phi) is 7.81. The molecular formula is C19H25F2N3OS. The van der Waals surface area contributed by atoms with E-state index in [1.807, 2.05) is 0 Å². The van der Waals surface area contributed by atoms with Gasteiger partial charge < -0.3 is 11.1 Å². The number of unbranched alkanes of at least 4 members (excludes halogenated alkanes) is 2. The van der Waals surface area contributed by atoms with E-state index in [2.05, 4.69) is 10.0 Å². The van der Waals surface area contributed by atoms with Crippen molar-refractivity contribution in [1.29, 1.82) is 0 Å². The van der Waals surface area contributed by atoms with Crippen molar-refractivity contribution in [3.05, 3.63) is 54.1 Å². The summed E-state index contributed by atoms with van der Waals surface area (Å²) in [5.74, 6) is -0.709. The van der Waals surface area contributed by atoms with Crippen molar-refractivity contribution in [2.45, 2.75) is 49.1 Å². The van der Waals surface area contributed by atoms with Gasteiger partial charge in [-0.25, -0.2) is 8.78 Å². The molecule has 0 heterocycles. The molecule has 0 aliphatic heterocycles. The van der Waals surface area contributed by atoms with Crippen molar-refractivity contribution in [3.63, 3.8) is 0 Å². The van der Waals surface area contributed by atoms with Crippen molar-refractivity contribution >= 4 is 17.9 Å². The summed E-state index contributed by atoms with van der Waals surface area (Å²) < 4.78 is 29.2. The molecule has 0 aromatic heterocycles. The van der Waals surface area contributed by atoms with Crippen LogP contribution in [0.1, 0.15) is 32.6 Å². The average Bonchev–Trinajstić information content (AvgIpc) is 2.57. The molecule has 1 aliphatic carbocycles. The number of benzene rings is 1. The molecule has 0 radical (unpaired) electrons. The third kappa shape index (κ3) is 6.90. The van der Waals surface area contributed by atoms with E-state index in [4.69, 9.17) is 5.73 Å². The Morgan fingerprint density at radius 1 is 1.23 bits per heavy atom. The van der Waals surface area contributed by atoms with E-state index in [9.17, 15) is 13.6 Å². The summed E-state index contributed by atoms with van der Waals surface area (Å²) in [5, 5.41) is 2.85. The molecule has 0 fully saturated rings. The van der Waals surface area contributed by atoms with Gasteiger partial charge in [-0.15, -0.1) is 0 Å². The molecule has 4 nitrogen and oxygen atoms in total. The number of allylic oxidation sites excluding steroid dienone is 2. The first-order valence-electron chi connectivity index (χ1n) is 8.67. The summed E-state index contributed by atoms with van der Waals surface area (Å²) in [6.07, 6.45) is 7.28. The van der Waals surface area contributed by atoms with Crippen LogP contribution in [0.2, 0.25) is 0 Å². The molecular weight excluding hydrogens is 356 g/mol. The molecule has 2 rings (SSSR count). The molecule has 7 heteroatoms. The largest absolute Gasteiger partial charge is 0.348 e. The van der Waals surface area contributed by atoms with Crippen LogP contribution in [0.5, 0.6) is 0 Å². The van der Waals surface area contributed by atoms with Crippen LogP contribution >= 0.6 is 11.9 Å². The summed E-state index contributed by atoms with van der Waals surface area (Å²) in [6, 6.07) is 5.91. The van der Waals surface area contributed by atoms with E-state index >= 15 is 0 Å². The Bertz CT molecular complexity index is 659. The molecule has 1 amide bonds. The lowest BCUT2D eigenvalue weighted by Crippen LogP contribution is -2.55. The van der Waals surface area contributed by atoms with Crippen molar-refractivity contribution in [2.75, 3.05) is 6.54 Å². The zero-order chi connectivity index (χ0) is 19.0. The van der Waals surface area contributed by atoms with Gasteiger partial charge in [-0.05, 0) is 68.1 Å². The number of carbonyl (C=O) groups excluding carboxylic acids is 1. The van der Waals surface area contributed by atoms with Gasteiger partial charge >= 0.3 is 0 Å². The number of hydrogen-bond acceptors (Lipinski definition) is 4. The van der Waals surface area contributed by atoms with E-state index in [1.54, 1.807) is 25.1 Å². The minimum absolute atomic E-state index is 0.0827. The Morgan fingerprint density at radius 3 is 2.65 bits per heavy atom. The van der Waals surface area contributed by atoms with E-state index in [1.165, 1.54) is 36.2 Å². The molecule has 0 saturated carbocycles. The number of carbonyl (C=O) groups is 1. The van der Waals surface area contributed by atoms with Crippen LogP contribution in [-0.2, 0) is 4.79 Å². The third-order valence-electron chi connectivity index (χ3n) is 4.07. The second-order valence-electron chi connectivity index (χ2n) is 6.56. The normalized spacial score (nSPS) is 22.2. The van der Waals surface area contributed by atoms with Gasteiger partial charge in [0.05, 0.1) is 11.6 Å². The highest BCUT2D eigenvalue weighted by Gasteiger charge is 2.30. The molecule has 1 aromatic carbocycles. The average molecular weight is 381 g/mol. The molecule has 2 unspecified atom stereocenters. The van der Waals surface area contributed by atoms with E-state index < -0.39 is 11.6 Å². The second kappa shape index (κ2) is 9.85. The van der Waals surface area contributed by atoms with Gasteiger partial charge in [0.1, 0.15) is 11.6 Å². The Morgan fingerprint density at radius 2 is 1.96 bits per heavy atom. The zero-order valence-electron chi connectivity index (χ0n) is 14.8. The van der Waals surface area contributed by atoms with Gasteiger partial charge in [0.25, 0.3) is 0 Å². The first kappa shape index (κ1) is 20.6. The molecule has 4 N–H and O–H groups in total. The van der Waals surface area contributed by atoms with E-state index in [0.29, 0.717) is 6.42 Å².